The summed E-state index contributed by atoms with van der Waals surface area (Å²) in [5, 5.41) is 13.6. The zero-order valence-corrected chi connectivity index (χ0v) is 18.5. The molecule has 0 aliphatic carbocycles. The lowest BCUT2D eigenvalue weighted by atomic mass is 9.87. The minimum absolute atomic E-state index is 0.0223. The van der Waals surface area contributed by atoms with Crippen molar-refractivity contribution < 1.29 is 19.4 Å². The number of carboxylic acid groups (broad SMARTS) is 1. The Morgan fingerprint density at radius 3 is 2.48 bits per heavy atom. The number of benzene rings is 3. The molecule has 0 saturated heterocycles. The van der Waals surface area contributed by atoms with Gasteiger partial charge in [-0.05, 0) is 58.1 Å². The van der Waals surface area contributed by atoms with Gasteiger partial charge in [0.05, 0.1) is 0 Å². The molecule has 33 heavy (non-hydrogen) atoms. The number of nitrogens with one attached hydrogen (secondary N) is 1. The SMILES string of the molecule is CC(C)(C)c1cccc(NC(=O)c2cccc3cc(Oc4cc(C(=O)O)ncn4)ccc23)c1. The van der Waals surface area contributed by atoms with Crippen molar-refractivity contribution in [2.75, 3.05) is 5.32 Å². The molecular weight excluding hydrogens is 418 g/mol. The maximum absolute atomic E-state index is 13.1. The largest absolute Gasteiger partial charge is 0.477 e. The van der Waals surface area contributed by atoms with Gasteiger partial charge in [0.1, 0.15) is 12.1 Å². The van der Waals surface area contributed by atoms with E-state index in [9.17, 15) is 9.59 Å². The third-order valence-corrected chi connectivity index (χ3v) is 5.17. The molecule has 0 aliphatic rings. The van der Waals surface area contributed by atoms with Crippen LogP contribution in [0.15, 0.2) is 73.1 Å². The Balaban J connectivity index is 1.59. The molecular formula is C26H23N3O4. The van der Waals surface area contributed by atoms with E-state index in [0.717, 1.165) is 28.4 Å². The van der Waals surface area contributed by atoms with Crippen molar-refractivity contribution >= 4 is 28.3 Å². The molecule has 0 fully saturated rings. The smallest absolute Gasteiger partial charge is 0.354 e. The van der Waals surface area contributed by atoms with Gasteiger partial charge in [-0.2, -0.15) is 0 Å². The zero-order chi connectivity index (χ0) is 23.6. The highest BCUT2D eigenvalue weighted by molar-refractivity contribution is 6.13. The summed E-state index contributed by atoms with van der Waals surface area (Å²) in [7, 11) is 0. The molecule has 4 aromatic rings. The maximum Gasteiger partial charge on any atom is 0.354 e. The van der Waals surface area contributed by atoms with Gasteiger partial charge in [0, 0.05) is 17.3 Å². The summed E-state index contributed by atoms with van der Waals surface area (Å²) in [6.45, 7) is 6.38. The summed E-state index contributed by atoms with van der Waals surface area (Å²) >= 11 is 0. The fourth-order valence-electron chi connectivity index (χ4n) is 3.42. The fourth-order valence-corrected chi connectivity index (χ4v) is 3.42. The van der Waals surface area contributed by atoms with Crippen LogP contribution in [0.25, 0.3) is 10.8 Å². The molecule has 0 aliphatic heterocycles. The number of aromatic carboxylic acids is 1. The van der Waals surface area contributed by atoms with E-state index < -0.39 is 5.97 Å². The first kappa shape index (κ1) is 22.0. The summed E-state index contributed by atoms with van der Waals surface area (Å²) in [5.74, 6) is -0.783. The van der Waals surface area contributed by atoms with E-state index >= 15 is 0 Å². The van der Waals surface area contributed by atoms with Crippen molar-refractivity contribution in [2.24, 2.45) is 0 Å². The standard InChI is InChI=1S/C26H23N3O4/c1-26(2,3)17-7-5-8-18(13-17)29-24(30)21-9-4-6-16-12-19(10-11-20(16)21)33-23-14-22(25(31)32)27-15-28-23/h4-15H,1-3H3,(H,29,30)(H,31,32). The predicted molar refractivity (Wildman–Crippen MR) is 126 cm³/mol. The van der Waals surface area contributed by atoms with E-state index in [-0.39, 0.29) is 22.9 Å². The van der Waals surface area contributed by atoms with E-state index in [4.69, 9.17) is 9.84 Å². The second-order valence-corrected chi connectivity index (χ2v) is 8.62. The molecule has 1 aromatic heterocycles. The van der Waals surface area contributed by atoms with Crippen LogP contribution < -0.4 is 10.1 Å². The molecule has 7 nitrogen and oxygen atoms in total. The zero-order valence-electron chi connectivity index (χ0n) is 18.5. The Morgan fingerprint density at radius 1 is 0.939 bits per heavy atom. The van der Waals surface area contributed by atoms with Gasteiger partial charge in [0.25, 0.3) is 5.91 Å². The van der Waals surface area contributed by atoms with Crippen molar-refractivity contribution in [1.29, 1.82) is 0 Å². The number of hydrogen-bond donors (Lipinski definition) is 2. The van der Waals surface area contributed by atoms with Crippen molar-refractivity contribution in [2.45, 2.75) is 26.2 Å². The Morgan fingerprint density at radius 2 is 1.73 bits per heavy atom. The molecule has 0 spiro atoms. The van der Waals surface area contributed by atoms with Crippen LogP contribution in [0.1, 0.15) is 47.2 Å². The number of anilines is 1. The van der Waals surface area contributed by atoms with E-state index in [1.165, 1.54) is 6.07 Å². The van der Waals surface area contributed by atoms with Crippen LogP contribution in [0.4, 0.5) is 5.69 Å². The maximum atomic E-state index is 13.1. The fraction of sp³-hybridized carbons (Fsp3) is 0.154. The third kappa shape index (κ3) is 4.98. The van der Waals surface area contributed by atoms with Crippen LogP contribution in [0.2, 0.25) is 0 Å². The number of aromatic nitrogens is 2. The second-order valence-electron chi connectivity index (χ2n) is 8.62. The number of ether oxygens (including phenoxy) is 1. The van der Waals surface area contributed by atoms with Crippen LogP contribution in [-0.2, 0) is 5.41 Å². The first-order chi connectivity index (χ1) is 15.7. The summed E-state index contributed by atoms with van der Waals surface area (Å²) in [6.07, 6.45) is 1.14. The highest BCUT2D eigenvalue weighted by Gasteiger charge is 2.16. The van der Waals surface area contributed by atoms with Gasteiger partial charge in [-0.3, -0.25) is 4.79 Å². The Bertz CT molecular complexity index is 1360. The van der Waals surface area contributed by atoms with Crippen molar-refractivity contribution in [3.05, 3.63) is 89.9 Å². The molecule has 1 amide bonds. The molecule has 0 atom stereocenters. The van der Waals surface area contributed by atoms with Gasteiger partial charge in [-0.25, -0.2) is 14.8 Å². The number of carbonyl (C=O) groups is 2. The minimum atomic E-state index is -1.16. The lowest BCUT2D eigenvalue weighted by Crippen LogP contribution is -2.15. The molecule has 0 bridgehead atoms. The van der Waals surface area contributed by atoms with Gasteiger partial charge in [0.2, 0.25) is 5.88 Å². The van der Waals surface area contributed by atoms with Crippen LogP contribution in [0.5, 0.6) is 11.6 Å². The number of fused-ring (bicyclic) bond motifs is 1. The summed E-state index contributed by atoms with van der Waals surface area (Å²) in [4.78, 5) is 31.8. The lowest BCUT2D eigenvalue weighted by molar-refractivity contribution is 0.0689. The summed E-state index contributed by atoms with van der Waals surface area (Å²) in [5.41, 5.74) is 2.23. The first-order valence-electron chi connectivity index (χ1n) is 10.4. The number of hydrogen-bond acceptors (Lipinski definition) is 5. The quantitative estimate of drug-likeness (QED) is 0.414. The number of rotatable bonds is 5. The van der Waals surface area contributed by atoms with E-state index in [2.05, 4.69) is 36.1 Å². The minimum Gasteiger partial charge on any atom is -0.477 e. The average molecular weight is 441 g/mol. The topological polar surface area (TPSA) is 101 Å². The van der Waals surface area contributed by atoms with Gasteiger partial charge in [-0.15, -0.1) is 0 Å². The molecule has 166 valence electrons. The van der Waals surface area contributed by atoms with E-state index in [1.54, 1.807) is 30.3 Å². The first-order valence-corrected chi connectivity index (χ1v) is 10.4. The van der Waals surface area contributed by atoms with Crippen LogP contribution in [0, 0.1) is 0 Å². The highest BCUT2D eigenvalue weighted by Crippen LogP contribution is 2.28. The highest BCUT2D eigenvalue weighted by atomic mass is 16.5. The molecule has 4 rings (SSSR count). The van der Waals surface area contributed by atoms with Crippen molar-refractivity contribution in [1.82, 2.24) is 9.97 Å². The van der Waals surface area contributed by atoms with Crippen LogP contribution in [-0.4, -0.2) is 27.0 Å². The predicted octanol–water partition coefficient (Wildman–Crippen LogP) is 5.67. The number of carbonyl (C=O) groups excluding carboxylic acids is 1. The molecule has 7 heteroatoms. The third-order valence-electron chi connectivity index (χ3n) is 5.17. The number of carboxylic acids is 1. The van der Waals surface area contributed by atoms with Crippen LogP contribution in [0.3, 0.4) is 0 Å². The van der Waals surface area contributed by atoms with Gasteiger partial charge < -0.3 is 15.2 Å². The lowest BCUT2D eigenvalue weighted by Gasteiger charge is -2.20. The molecule has 3 aromatic carbocycles. The molecule has 0 saturated carbocycles. The summed E-state index contributed by atoms with van der Waals surface area (Å²) < 4.78 is 5.70. The van der Waals surface area contributed by atoms with Crippen LogP contribution >= 0.6 is 0 Å². The van der Waals surface area contributed by atoms with Gasteiger partial charge in [0.15, 0.2) is 5.69 Å². The van der Waals surface area contributed by atoms with Crippen molar-refractivity contribution in [3.63, 3.8) is 0 Å². The number of amides is 1. The second kappa shape index (κ2) is 8.70. The van der Waals surface area contributed by atoms with Gasteiger partial charge in [-0.1, -0.05) is 45.0 Å². The Kier molecular flexibility index (Phi) is 5.79. The van der Waals surface area contributed by atoms with Gasteiger partial charge >= 0.3 is 5.97 Å². The molecule has 2 N–H and O–H groups in total. The molecule has 1 heterocycles. The Hall–Kier alpha value is -4.26. The van der Waals surface area contributed by atoms with Crippen molar-refractivity contribution in [3.8, 4) is 11.6 Å². The monoisotopic (exact) mass is 441 g/mol. The Labute approximate surface area is 191 Å². The van der Waals surface area contributed by atoms with E-state index in [1.807, 2.05) is 30.3 Å². The normalized spacial score (nSPS) is 11.2. The van der Waals surface area contributed by atoms with E-state index in [0.29, 0.717) is 11.3 Å². The number of nitrogens with zero attached hydrogens (tertiary/aromatic N) is 2. The molecule has 0 unspecified atom stereocenters. The average Bonchev–Trinajstić information content (AvgIpc) is 2.78. The molecule has 0 radical (unpaired) electrons. The summed E-state index contributed by atoms with van der Waals surface area (Å²) in [6, 6.07) is 19.8.